The van der Waals surface area contributed by atoms with Crippen LogP contribution in [0.25, 0.3) is 0 Å². The molecular weight excluding hydrogens is 352 g/mol. The van der Waals surface area contributed by atoms with E-state index in [-0.39, 0.29) is 24.0 Å². The van der Waals surface area contributed by atoms with Crippen molar-refractivity contribution in [3.8, 4) is 11.5 Å². The Morgan fingerprint density at radius 3 is 2.65 bits per heavy atom. The van der Waals surface area contributed by atoms with E-state index >= 15 is 0 Å². The molecule has 2 aromatic rings. The van der Waals surface area contributed by atoms with E-state index in [2.05, 4.69) is 5.32 Å². The summed E-state index contributed by atoms with van der Waals surface area (Å²) in [5, 5.41) is 13.3. The first-order chi connectivity index (χ1) is 12.5. The molecule has 2 atom stereocenters. The number of ether oxygens (including phenoxy) is 1. The zero-order valence-corrected chi connectivity index (χ0v) is 14.8. The minimum Gasteiger partial charge on any atom is -0.506 e. The molecule has 0 saturated carbocycles. The number of nitrogens with zero attached hydrogens (tertiary/aromatic N) is 1. The van der Waals surface area contributed by atoms with Gasteiger partial charge in [0.15, 0.2) is 4.87 Å². The highest BCUT2D eigenvalue weighted by Gasteiger charge is 2.65. The first-order valence-corrected chi connectivity index (χ1v) is 9.53. The van der Waals surface area contributed by atoms with Crippen molar-refractivity contribution >= 4 is 29.3 Å². The number of fused-ring (bicyclic) bond motifs is 4. The molecule has 0 bridgehead atoms. The first-order valence-electron chi connectivity index (χ1n) is 8.31. The largest absolute Gasteiger partial charge is 0.506 e. The van der Waals surface area contributed by atoms with E-state index in [0.29, 0.717) is 17.9 Å². The standard InChI is InChI=1S/C19H16N2O4S/c1-26-19-10-12-6-4-7-13(22)15(12)21(19)17(24)18(20-16(19)23)9-11-5-2-3-8-14(11)25-18/h2-8,22H,9-10H2,1H3,(H,20,23). The van der Waals surface area contributed by atoms with E-state index < -0.39 is 10.6 Å². The second kappa shape index (κ2) is 4.94. The summed E-state index contributed by atoms with van der Waals surface area (Å²) in [6, 6.07) is 12.5. The number of amides is 2. The topological polar surface area (TPSA) is 78.9 Å². The molecule has 7 heteroatoms. The van der Waals surface area contributed by atoms with Crippen molar-refractivity contribution in [2.45, 2.75) is 23.4 Å². The number of phenols is 1. The Morgan fingerprint density at radius 1 is 1.12 bits per heavy atom. The van der Waals surface area contributed by atoms with Crippen molar-refractivity contribution in [1.29, 1.82) is 0 Å². The van der Waals surface area contributed by atoms with Gasteiger partial charge < -0.3 is 15.2 Å². The molecule has 1 saturated heterocycles. The van der Waals surface area contributed by atoms with Gasteiger partial charge in [-0.2, -0.15) is 0 Å². The van der Waals surface area contributed by atoms with Crippen LogP contribution in [0.15, 0.2) is 42.5 Å². The lowest BCUT2D eigenvalue weighted by atomic mass is 9.98. The smallest absolute Gasteiger partial charge is 0.294 e. The number of phenolic OH excluding ortho intramolecular Hbond substituents is 1. The summed E-state index contributed by atoms with van der Waals surface area (Å²) < 4.78 is 5.96. The molecule has 0 aromatic heterocycles. The summed E-state index contributed by atoms with van der Waals surface area (Å²) in [6.07, 6.45) is 2.40. The Labute approximate surface area is 154 Å². The van der Waals surface area contributed by atoms with Gasteiger partial charge in [-0.15, -0.1) is 11.8 Å². The fraction of sp³-hybridized carbons (Fsp3) is 0.263. The molecule has 2 N–H and O–H groups in total. The number of carbonyl (C=O) groups excluding carboxylic acids is 2. The van der Waals surface area contributed by atoms with E-state index in [4.69, 9.17) is 4.74 Å². The predicted molar refractivity (Wildman–Crippen MR) is 97.2 cm³/mol. The van der Waals surface area contributed by atoms with Crippen molar-refractivity contribution in [1.82, 2.24) is 5.32 Å². The van der Waals surface area contributed by atoms with Gasteiger partial charge in [-0.1, -0.05) is 30.3 Å². The number of anilines is 1. The van der Waals surface area contributed by atoms with E-state index in [1.54, 1.807) is 18.4 Å². The number of hydrogen-bond acceptors (Lipinski definition) is 5. The van der Waals surface area contributed by atoms with E-state index in [9.17, 15) is 14.7 Å². The minimum absolute atomic E-state index is 0.00728. The van der Waals surface area contributed by atoms with Crippen LogP contribution >= 0.6 is 11.8 Å². The first kappa shape index (κ1) is 15.6. The molecule has 132 valence electrons. The van der Waals surface area contributed by atoms with Crippen LogP contribution in [0.4, 0.5) is 5.69 Å². The quantitative estimate of drug-likeness (QED) is 0.803. The molecule has 3 aliphatic rings. The molecule has 3 aliphatic heterocycles. The maximum Gasteiger partial charge on any atom is 0.294 e. The van der Waals surface area contributed by atoms with Crippen LogP contribution in [0.5, 0.6) is 11.5 Å². The zero-order valence-electron chi connectivity index (χ0n) is 14.0. The second-order valence-electron chi connectivity index (χ2n) is 6.76. The number of hydrogen-bond donors (Lipinski definition) is 2. The van der Waals surface area contributed by atoms with Crippen LogP contribution in [-0.2, 0) is 22.4 Å². The number of nitrogens with one attached hydrogen (secondary N) is 1. The van der Waals surface area contributed by atoms with Crippen LogP contribution in [-0.4, -0.2) is 33.8 Å². The highest BCUT2D eigenvalue weighted by Crippen LogP contribution is 2.52. The predicted octanol–water partition coefficient (Wildman–Crippen LogP) is 1.80. The fourth-order valence-corrected chi connectivity index (χ4v) is 5.04. The van der Waals surface area contributed by atoms with E-state index in [0.717, 1.165) is 11.1 Å². The highest BCUT2D eigenvalue weighted by atomic mass is 32.2. The Bertz CT molecular complexity index is 951. The molecular formula is C19H16N2O4S. The average Bonchev–Trinajstić information content (AvgIpc) is 3.17. The zero-order chi connectivity index (χ0) is 18.1. The second-order valence-corrected chi connectivity index (χ2v) is 7.84. The third-order valence-electron chi connectivity index (χ3n) is 5.37. The SMILES string of the molecule is CSC12Cc3cccc(O)c3N1C(=O)C1(Cc3ccccc3O1)NC2=O. The van der Waals surface area contributed by atoms with Crippen LogP contribution in [0.1, 0.15) is 11.1 Å². The summed E-state index contributed by atoms with van der Waals surface area (Å²) >= 11 is 1.29. The number of aromatic hydroxyl groups is 1. The molecule has 6 nitrogen and oxygen atoms in total. The van der Waals surface area contributed by atoms with E-state index in [1.807, 2.05) is 24.3 Å². The normalized spacial score (nSPS) is 28.4. The van der Waals surface area contributed by atoms with Gasteiger partial charge in [-0.25, -0.2) is 0 Å². The van der Waals surface area contributed by atoms with Gasteiger partial charge in [0.25, 0.3) is 17.5 Å². The maximum absolute atomic E-state index is 13.6. The van der Waals surface area contributed by atoms with Gasteiger partial charge in [0.1, 0.15) is 11.5 Å². The number of carbonyl (C=O) groups is 2. The summed E-state index contributed by atoms with van der Waals surface area (Å²) in [6.45, 7) is 0. The summed E-state index contributed by atoms with van der Waals surface area (Å²) in [7, 11) is 0. The fourth-order valence-electron chi connectivity index (χ4n) is 4.15. The van der Waals surface area contributed by atoms with Crippen molar-refractivity contribution in [2.24, 2.45) is 0 Å². The highest BCUT2D eigenvalue weighted by molar-refractivity contribution is 8.00. The number of piperazine rings is 1. The molecule has 5 rings (SSSR count). The maximum atomic E-state index is 13.6. The average molecular weight is 368 g/mol. The number of para-hydroxylation sites is 2. The van der Waals surface area contributed by atoms with Gasteiger partial charge >= 0.3 is 0 Å². The van der Waals surface area contributed by atoms with Gasteiger partial charge in [0.05, 0.1) is 5.69 Å². The molecule has 2 unspecified atom stereocenters. The summed E-state index contributed by atoms with van der Waals surface area (Å²) in [5.74, 6) is -0.0578. The third kappa shape index (κ3) is 1.73. The molecule has 1 fully saturated rings. The van der Waals surface area contributed by atoms with Crippen molar-refractivity contribution < 1.29 is 19.4 Å². The summed E-state index contributed by atoms with van der Waals surface area (Å²) in [4.78, 5) is 27.1. The number of rotatable bonds is 1. The third-order valence-corrected chi connectivity index (χ3v) is 6.55. The van der Waals surface area contributed by atoms with Gasteiger partial charge in [-0.3, -0.25) is 14.5 Å². The molecule has 2 amide bonds. The lowest BCUT2D eigenvalue weighted by Gasteiger charge is -2.46. The molecule has 3 heterocycles. The number of thioether (sulfide) groups is 1. The van der Waals surface area contributed by atoms with Crippen LogP contribution < -0.4 is 15.0 Å². The van der Waals surface area contributed by atoms with Gasteiger partial charge in [0, 0.05) is 18.4 Å². The van der Waals surface area contributed by atoms with Crippen LogP contribution in [0.2, 0.25) is 0 Å². The lowest BCUT2D eigenvalue weighted by molar-refractivity contribution is -0.149. The Balaban J connectivity index is 1.67. The minimum atomic E-state index is -1.47. The van der Waals surface area contributed by atoms with E-state index in [1.165, 1.54) is 22.7 Å². The Kier molecular flexibility index (Phi) is 2.96. The van der Waals surface area contributed by atoms with Crippen LogP contribution in [0.3, 0.4) is 0 Å². The molecule has 0 radical (unpaired) electrons. The Morgan fingerprint density at radius 2 is 1.88 bits per heavy atom. The molecule has 26 heavy (non-hydrogen) atoms. The van der Waals surface area contributed by atoms with Crippen molar-refractivity contribution in [2.75, 3.05) is 11.2 Å². The van der Waals surface area contributed by atoms with Crippen molar-refractivity contribution in [3.05, 3.63) is 53.6 Å². The molecule has 0 aliphatic carbocycles. The lowest BCUT2D eigenvalue weighted by Crippen LogP contribution is -2.76. The Hall–Kier alpha value is -2.67. The summed E-state index contributed by atoms with van der Waals surface area (Å²) in [5.41, 5.74) is 0.578. The van der Waals surface area contributed by atoms with Gasteiger partial charge in [-0.05, 0) is 24.0 Å². The van der Waals surface area contributed by atoms with Crippen LogP contribution in [0, 0.1) is 0 Å². The van der Waals surface area contributed by atoms with Crippen molar-refractivity contribution in [3.63, 3.8) is 0 Å². The molecule has 1 spiro atoms. The monoisotopic (exact) mass is 368 g/mol. The van der Waals surface area contributed by atoms with Gasteiger partial charge in [0.2, 0.25) is 0 Å². The number of benzene rings is 2. The molecule has 2 aromatic carbocycles.